The summed E-state index contributed by atoms with van der Waals surface area (Å²) in [5, 5.41) is 64.4. The zero-order valence-corrected chi connectivity index (χ0v) is 14.5. The Balaban J connectivity index is 6.65. The molecule has 0 bridgehead atoms. The Morgan fingerprint density at radius 2 is 0.579 bits per heavy atom. The van der Waals surface area contributed by atoms with E-state index in [2.05, 4.69) is 0 Å². The molecule has 0 N–H and O–H groups in total. The van der Waals surface area contributed by atoms with Crippen LogP contribution in [0.15, 0.2) is 0 Å². The van der Waals surface area contributed by atoms with E-state index in [1.807, 2.05) is 0 Å². The topological polar surface area (TPSA) is 143 Å². The minimum absolute atomic E-state index is 0.495. The molecule has 0 rings (SSSR count). The van der Waals surface area contributed by atoms with Gasteiger partial charge in [0.2, 0.25) is 0 Å². The van der Waals surface area contributed by atoms with E-state index in [0.29, 0.717) is 61.1 Å². The third-order valence-electron chi connectivity index (χ3n) is 1.08. The van der Waals surface area contributed by atoms with Crippen LogP contribution in [0, 0.1) is 64.0 Å². The van der Waals surface area contributed by atoms with Gasteiger partial charge in [-0.25, -0.2) is 0 Å². The summed E-state index contributed by atoms with van der Waals surface area (Å²) in [7, 11) is 2.97. The Labute approximate surface area is 128 Å². The number of hydrogen-bond acceptors (Lipinski definition) is 12. The molecule has 0 fully saturated rings. The second kappa shape index (κ2) is 6.83. The SMILES string of the molecule is N#C[S][Fe]([S]C#N)([S]C#N)([S]C#N)([S]C#N)[S]C#N. The molecular weight excluding hydrogens is 404 g/mol. The standard InChI is InChI=1S/6CHNS.Fe/c6*2-1-3;/h6*3H;/q;;;;;;+6/p-6. The molecule has 0 spiro atoms. The molecule has 0 amide bonds. The van der Waals surface area contributed by atoms with E-state index in [4.69, 9.17) is 31.6 Å². The fourth-order valence-electron chi connectivity index (χ4n) is 0.616. The molecule has 0 radical (unpaired) electrons. The van der Waals surface area contributed by atoms with Crippen LogP contribution in [0.5, 0.6) is 0 Å². The summed E-state index contributed by atoms with van der Waals surface area (Å²) < 4.78 is -4.90. The van der Waals surface area contributed by atoms with E-state index < -0.39 is 4.01 Å². The second-order valence-electron chi connectivity index (χ2n) is 1.86. The molecular formula is C6FeN6S6. The Morgan fingerprint density at radius 1 is 0.421 bits per heavy atom. The van der Waals surface area contributed by atoms with Crippen molar-refractivity contribution in [1.29, 1.82) is 31.6 Å². The van der Waals surface area contributed by atoms with Crippen molar-refractivity contribution in [3.8, 4) is 32.4 Å². The molecule has 98 valence electrons. The summed E-state index contributed by atoms with van der Waals surface area (Å²) in [4.78, 5) is 0. The van der Waals surface area contributed by atoms with Gasteiger partial charge >= 0.3 is 129 Å². The molecule has 0 aromatic carbocycles. The van der Waals surface area contributed by atoms with Crippen LogP contribution in [-0.2, 0) is 4.01 Å². The first kappa shape index (κ1) is 18.6. The van der Waals surface area contributed by atoms with Crippen molar-refractivity contribution >= 4 is 61.1 Å². The Hall–Kier alpha value is -0.441. The first-order valence-corrected chi connectivity index (χ1v) is 15.7. The first-order valence-electron chi connectivity index (χ1n) is 3.43. The average Bonchev–Trinajstić information content (AvgIpc) is 2.31. The number of nitriles is 6. The van der Waals surface area contributed by atoms with Gasteiger partial charge in [0, 0.05) is 0 Å². The van der Waals surface area contributed by atoms with Crippen LogP contribution in [0.2, 0.25) is 0 Å². The van der Waals surface area contributed by atoms with Crippen LogP contribution in [-0.4, -0.2) is 0 Å². The van der Waals surface area contributed by atoms with Crippen LogP contribution < -0.4 is 0 Å². The van der Waals surface area contributed by atoms with Gasteiger partial charge < -0.3 is 0 Å². The maximum absolute atomic E-state index is 9.00. The summed E-state index contributed by atoms with van der Waals surface area (Å²) in [5.41, 5.74) is 0. The van der Waals surface area contributed by atoms with Crippen molar-refractivity contribution in [2.45, 2.75) is 0 Å². The molecule has 0 unspecified atom stereocenters. The zero-order valence-electron chi connectivity index (χ0n) is 8.49. The Morgan fingerprint density at radius 3 is 0.684 bits per heavy atom. The van der Waals surface area contributed by atoms with Crippen molar-refractivity contribution in [1.82, 2.24) is 0 Å². The van der Waals surface area contributed by atoms with Crippen LogP contribution in [0.1, 0.15) is 0 Å². The van der Waals surface area contributed by atoms with Crippen molar-refractivity contribution in [2.24, 2.45) is 0 Å². The first-order chi connectivity index (χ1) is 8.97. The molecule has 0 aliphatic heterocycles. The molecule has 0 aromatic rings. The summed E-state index contributed by atoms with van der Waals surface area (Å²) in [6.45, 7) is 0. The van der Waals surface area contributed by atoms with E-state index in [0.717, 1.165) is 0 Å². The van der Waals surface area contributed by atoms with Gasteiger partial charge in [-0.2, -0.15) is 0 Å². The van der Waals surface area contributed by atoms with Crippen molar-refractivity contribution in [3.63, 3.8) is 0 Å². The van der Waals surface area contributed by atoms with Crippen molar-refractivity contribution in [2.75, 3.05) is 0 Å². The molecule has 13 heteroatoms. The zero-order chi connectivity index (χ0) is 14.9. The summed E-state index contributed by atoms with van der Waals surface area (Å²) in [6, 6.07) is 0. The molecule has 0 aliphatic rings. The third kappa shape index (κ3) is 3.36. The monoisotopic (exact) mass is 404 g/mol. The van der Waals surface area contributed by atoms with E-state index in [1.54, 1.807) is 32.4 Å². The Kier molecular flexibility index (Phi) is 6.67. The van der Waals surface area contributed by atoms with Gasteiger partial charge in [0.25, 0.3) is 0 Å². The number of hydrogen-bond donors (Lipinski definition) is 0. The maximum atomic E-state index is 9.00. The molecule has 0 saturated heterocycles. The van der Waals surface area contributed by atoms with Gasteiger partial charge in [0.05, 0.1) is 0 Å². The number of nitrogens with zero attached hydrogens (tertiary/aromatic N) is 6. The molecule has 6 nitrogen and oxygen atoms in total. The fraction of sp³-hybridized carbons (Fsp3) is 0. The molecule has 0 aromatic heterocycles. The van der Waals surface area contributed by atoms with E-state index in [9.17, 15) is 0 Å². The molecule has 19 heavy (non-hydrogen) atoms. The number of thiocyanates is 6. The minimum atomic E-state index is -4.90. The van der Waals surface area contributed by atoms with Gasteiger partial charge in [0.1, 0.15) is 0 Å². The van der Waals surface area contributed by atoms with Crippen molar-refractivity contribution in [3.05, 3.63) is 0 Å². The van der Waals surface area contributed by atoms with Gasteiger partial charge in [0.15, 0.2) is 0 Å². The van der Waals surface area contributed by atoms with Crippen molar-refractivity contribution < 1.29 is 4.01 Å². The van der Waals surface area contributed by atoms with Crippen LogP contribution in [0.3, 0.4) is 0 Å². The van der Waals surface area contributed by atoms with E-state index in [1.165, 1.54) is 0 Å². The van der Waals surface area contributed by atoms with Crippen LogP contribution >= 0.6 is 61.1 Å². The average molecular weight is 404 g/mol. The van der Waals surface area contributed by atoms with Gasteiger partial charge in [-0.05, 0) is 0 Å². The second-order valence-corrected chi connectivity index (χ2v) is 39.8. The van der Waals surface area contributed by atoms with Crippen LogP contribution in [0.4, 0.5) is 0 Å². The van der Waals surface area contributed by atoms with E-state index >= 15 is 0 Å². The van der Waals surface area contributed by atoms with Gasteiger partial charge in [-0.1, -0.05) is 0 Å². The molecule has 0 saturated carbocycles. The number of rotatable bonds is 6. The Bertz CT molecular complexity index is 475. The predicted octanol–water partition coefficient (Wildman–Crippen LogP) is 3.99. The van der Waals surface area contributed by atoms with E-state index in [-0.39, 0.29) is 0 Å². The summed E-state index contributed by atoms with van der Waals surface area (Å²) in [6.07, 6.45) is 0. The molecule has 0 atom stereocenters. The van der Waals surface area contributed by atoms with Gasteiger partial charge in [-0.3, -0.25) is 0 Å². The normalized spacial score (nSPS) is 12.9. The predicted molar refractivity (Wildman–Crippen MR) is 79.2 cm³/mol. The summed E-state index contributed by atoms with van der Waals surface area (Å²) >= 11 is 0. The quantitative estimate of drug-likeness (QED) is 0.466. The van der Waals surface area contributed by atoms with Gasteiger partial charge in [-0.15, -0.1) is 0 Å². The fourth-order valence-corrected chi connectivity index (χ4v) is 22.9. The molecule has 0 heterocycles. The molecule has 0 aliphatic carbocycles. The third-order valence-corrected chi connectivity index (χ3v) is 35.2. The van der Waals surface area contributed by atoms with Crippen LogP contribution in [0.25, 0.3) is 0 Å². The summed E-state index contributed by atoms with van der Waals surface area (Å²) in [5.74, 6) is 0.